The Bertz CT molecular complexity index is 288. The van der Waals surface area contributed by atoms with E-state index in [1.54, 1.807) is 18.3 Å². The lowest BCUT2D eigenvalue weighted by Crippen LogP contribution is -2.09. The zero-order valence-corrected chi connectivity index (χ0v) is 7.12. The van der Waals surface area contributed by atoms with Gasteiger partial charge in [-0.3, -0.25) is 0 Å². The SMILES string of the molecule is N#CC[C@H](N)c1ccc(Cl)nc1. The molecule has 0 unspecified atom stereocenters. The standard InChI is InChI=1S/C8H8ClN3/c9-8-2-1-6(5-12-8)7(11)3-4-10/h1-2,5,7H,3,11H2/t7-/m0/s1. The third-order valence-electron chi connectivity index (χ3n) is 1.49. The van der Waals surface area contributed by atoms with Crippen LogP contribution in [0.15, 0.2) is 18.3 Å². The van der Waals surface area contributed by atoms with Crippen molar-refractivity contribution in [1.29, 1.82) is 5.26 Å². The maximum absolute atomic E-state index is 8.38. The highest BCUT2D eigenvalue weighted by molar-refractivity contribution is 6.29. The fourth-order valence-corrected chi connectivity index (χ4v) is 0.935. The lowest BCUT2D eigenvalue weighted by Gasteiger charge is -2.05. The molecule has 0 aliphatic heterocycles. The van der Waals surface area contributed by atoms with E-state index >= 15 is 0 Å². The van der Waals surface area contributed by atoms with E-state index in [0.29, 0.717) is 11.6 Å². The highest BCUT2D eigenvalue weighted by Crippen LogP contribution is 2.13. The molecule has 1 aromatic heterocycles. The Kier molecular flexibility index (Phi) is 3.03. The molecular weight excluding hydrogens is 174 g/mol. The first-order valence-corrected chi connectivity index (χ1v) is 3.86. The molecule has 0 aromatic carbocycles. The Morgan fingerprint density at radius 1 is 1.67 bits per heavy atom. The summed E-state index contributed by atoms with van der Waals surface area (Å²) in [4.78, 5) is 3.86. The van der Waals surface area contributed by atoms with Crippen molar-refractivity contribution in [2.45, 2.75) is 12.5 Å². The number of pyridine rings is 1. The van der Waals surface area contributed by atoms with Gasteiger partial charge in [0.15, 0.2) is 0 Å². The number of nitrogens with zero attached hydrogens (tertiary/aromatic N) is 2. The monoisotopic (exact) mass is 181 g/mol. The summed E-state index contributed by atoms with van der Waals surface area (Å²) in [6.07, 6.45) is 1.88. The Labute approximate surface area is 75.8 Å². The maximum atomic E-state index is 8.38. The van der Waals surface area contributed by atoms with Gasteiger partial charge in [-0.2, -0.15) is 5.26 Å². The van der Waals surface area contributed by atoms with Crippen LogP contribution in [0.25, 0.3) is 0 Å². The van der Waals surface area contributed by atoms with Crippen molar-refractivity contribution >= 4 is 11.6 Å². The fraction of sp³-hybridized carbons (Fsp3) is 0.250. The summed E-state index contributed by atoms with van der Waals surface area (Å²) in [7, 11) is 0. The molecule has 0 aliphatic rings. The van der Waals surface area contributed by atoms with E-state index < -0.39 is 0 Å². The third-order valence-corrected chi connectivity index (χ3v) is 1.71. The van der Waals surface area contributed by atoms with Crippen LogP contribution < -0.4 is 5.73 Å². The largest absolute Gasteiger partial charge is 0.323 e. The summed E-state index contributed by atoms with van der Waals surface area (Å²) in [6.45, 7) is 0. The molecule has 4 heteroatoms. The number of hydrogen-bond donors (Lipinski definition) is 1. The van der Waals surface area contributed by atoms with Crippen LogP contribution in [0.1, 0.15) is 18.0 Å². The second-order valence-electron chi connectivity index (χ2n) is 2.38. The number of rotatable bonds is 2. The van der Waals surface area contributed by atoms with Crippen molar-refractivity contribution < 1.29 is 0 Å². The van der Waals surface area contributed by atoms with Crippen molar-refractivity contribution in [3.05, 3.63) is 29.0 Å². The highest BCUT2D eigenvalue weighted by Gasteiger charge is 2.04. The molecular formula is C8H8ClN3. The van der Waals surface area contributed by atoms with Crippen LogP contribution in [0.5, 0.6) is 0 Å². The second-order valence-corrected chi connectivity index (χ2v) is 2.77. The Hall–Kier alpha value is -1.11. The molecule has 2 N–H and O–H groups in total. The molecule has 0 aliphatic carbocycles. The molecule has 0 saturated heterocycles. The highest BCUT2D eigenvalue weighted by atomic mass is 35.5. The number of nitrogens with two attached hydrogens (primary N) is 1. The lowest BCUT2D eigenvalue weighted by atomic mass is 10.1. The normalized spacial score (nSPS) is 12.1. The summed E-state index contributed by atoms with van der Waals surface area (Å²) < 4.78 is 0. The Balaban J connectivity index is 2.76. The van der Waals surface area contributed by atoms with Crippen LogP contribution in [-0.2, 0) is 0 Å². The summed E-state index contributed by atoms with van der Waals surface area (Å²) in [6, 6.07) is 5.17. The van der Waals surface area contributed by atoms with Gasteiger partial charge in [0.25, 0.3) is 0 Å². The van der Waals surface area contributed by atoms with E-state index in [1.807, 2.05) is 6.07 Å². The molecule has 3 nitrogen and oxygen atoms in total. The summed E-state index contributed by atoms with van der Waals surface area (Å²) in [5.41, 5.74) is 6.48. The van der Waals surface area contributed by atoms with Crippen molar-refractivity contribution in [2.75, 3.05) is 0 Å². The van der Waals surface area contributed by atoms with Gasteiger partial charge in [0.1, 0.15) is 5.15 Å². The predicted octanol–water partition coefficient (Wildman–Crippen LogP) is 1.65. The van der Waals surface area contributed by atoms with E-state index in [9.17, 15) is 0 Å². The number of nitriles is 1. The molecule has 0 amide bonds. The first kappa shape index (κ1) is 8.98. The van der Waals surface area contributed by atoms with Crippen molar-refractivity contribution in [3.8, 4) is 6.07 Å². The topological polar surface area (TPSA) is 62.7 Å². The molecule has 0 saturated carbocycles. The molecule has 62 valence electrons. The van der Waals surface area contributed by atoms with Crippen LogP contribution >= 0.6 is 11.6 Å². The van der Waals surface area contributed by atoms with Crippen LogP contribution in [0.4, 0.5) is 0 Å². The summed E-state index contributed by atoms with van der Waals surface area (Å²) in [5.74, 6) is 0. The predicted molar refractivity (Wildman–Crippen MR) is 46.4 cm³/mol. The van der Waals surface area contributed by atoms with Crippen molar-refractivity contribution in [1.82, 2.24) is 4.98 Å². The molecule has 1 heterocycles. The van der Waals surface area contributed by atoms with Gasteiger partial charge in [0, 0.05) is 12.2 Å². The van der Waals surface area contributed by atoms with Gasteiger partial charge in [-0.25, -0.2) is 4.98 Å². The molecule has 12 heavy (non-hydrogen) atoms. The van der Waals surface area contributed by atoms with Gasteiger partial charge in [0.2, 0.25) is 0 Å². The van der Waals surface area contributed by atoms with Gasteiger partial charge < -0.3 is 5.73 Å². The average molecular weight is 182 g/mol. The fourth-order valence-electron chi connectivity index (χ4n) is 0.823. The quantitative estimate of drug-likeness (QED) is 0.706. The molecule has 0 radical (unpaired) electrons. The Morgan fingerprint density at radius 3 is 2.92 bits per heavy atom. The Morgan fingerprint density at radius 2 is 2.42 bits per heavy atom. The molecule has 0 bridgehead atoms. The third kappa shape index (κ3) is 2.19. The average Bonchev–Trinajstić information content (AvgIpc) is 2.06. The lowest BCUT2D eigenvalue weighted by molar-refractivity contribution is 0.744. The van der Waals surface area contributed by atoms with Gasteiger partial charge in [-0.05, 0) is 11.6 Å². The summed E-state index contributed by atoms with van der Waals surface area (Å²) >= 11 is 5.58. The van der Waals surface area contributed by atoms with E-state index in [4.69, 9.17) is 22.6 Å². The second kappa shape index (κ2) is 4.05. The smallest absolute Gasteiger partial charge is 0.129 e. The molecule has 1 atom stereocenters. The van der Waals surface area contributed by atoms with E-state index in [2.05, 4.69) is 4.98 Å². The maximum Gasteiger partial charge on any atom is 0.129 e. The summed E-state index contributed by atoms with van der Waals surface area (Å²) in [5, 5.41) is 8.81. The van der Waals surface area contributed by atoms with Gasteiger partial charge in [-0.1, -0.05) is 17.7 Å². The molecule has 0 fully saturated rings. The van der Waals surface area contributed by atoms with E-state index in [0.717, 1.165) is 5.56 Å². The molecule has 1 aromatic rings. The first-order chi connectivity index (χ1) is 5.74. The number of aromatic nitrogens is 1. The van der Waals surface area contributed by atoms with Crippen LogP contribution in [0, 0.1) is 11.3 Å². The van der Waals surface area contributed by atoms with E-state index in [1.165, 1.54) is 0 Å². The van der Waals surface area contributed by atoms with Gasteiger partial charge in [0.05, 0.1) is 12.5 Å². The number of hydrogen-bond acceptors (Lipinski definition) is 3. The molecule has 1 rings (SSSR count). The number of halogens is 1. The molecule has 0 spiro atoms. The van der Waals surface area contributed by atoms with Gasteiger partial charge in [-0.15, -0.1) is 0 Å². The minimum atomic E-state index is -0.264. The van der Waals surface area contributed by atoms with Crippen molar-refractivity contribution in [2.24, 2.45) is 5.73 Å². The zero-order chi connectivity index (χ0) is 8.97. The minimum absolute atomic E-state index is 0.264. The minimum Gasteiger partial charge on any atom is -0.323 e. The van der Waals surface area contributed by atoms with Gasteiger partial charge >= 0.3 is 0 Å². The van der Waals surface area contributed by atoms with Crippen molar-refractivity contribution in [3.63, 3.8) is 0 Å². The van der Waals surface area contributed by atoms with E-state index in [-0.39, 0.29) is 6.04 Å². The van der Waals surface area contributed by atoms with Crippen LogP contribution in [0.2, 0.25) is 5.15 Å². The van der Waals surface area contributed by atoms with Crippen LogP contribution in [-0.4, -0.2) is 4.98 Å². The first-order valence-electron chi connectivity index (χ1n) is 3.48. The van der Waals surface area contributed by atoms with Crippen LogP contribution in [0.3, 0.4) is 0 Å². The zero-order valence-electron chi connectivity index (χ0n) is 6.37.